The first-order chi connectivity index (χ1) is 6.79. The third-order valence-electron chi connectivity index (χ3n) is 1.77. The molecule has 2 rings (SSSR count). The second-order valence-corrected chi connectivity index (χ2v) is 4.50. The molecule has 2 aromatic rings. The van der Waals surface area contributed by atoms with Gasteiger partial charge in [-0.05, 0) is 12.1 Å². The van der Waals surface area contributed by atoms with Crippen molar-refractivity contribution in [3.8, 4) is 6.07 Å². The van der Waals surface area contributed by atoms with Gasteiger partial charge in [-0.2, -0.15) is 5.26 Å². The summed E-state index contributed by atoms with van der Waals surface area (Å²) in [7, 11) is 0. The molecule has 0 unspecified atom stereocenters. The zero-order chi connectivity index (χ0) is 9.97. The van der Waals surface area contributed by atoms with Crippen molar-refractivity contribution in [3.63, 3.8) is 0 Å². The maximum atomic E-state index is 8.73. The molecular formula is C9H6ClN3S. The Hall–Kier alpha value is -1.31. The normalized spacial score (nSPS) is 10.0. The van der Waals surface area contributed by atoms with Crippen molar-refractivity contribution < 1.29 is 0 Å². The Morgan fingerprint density at radius 2 is 2.43 bits per heavy atom. The predicted molar refractivity (Wildman–Crippen MR) is 55.4 cm³/mol. The van der Waals surface area contributed by atoms with Gasteiger partial charge in [0.2, 0.25) is 5.82 Å². The molecule has 0 bridgehead atoms. The van der Waals surface area contributed by atoms with Crippen LogP contribution in [0.15, 0.2) is 24.5 Å². The standard InChI is InChI=1S/C9H6ClN3S/c10-8-2-1-7(14-8)6-13-4-3-12-9(13)5-11/h1-4H,6H2. The fraction of sp³-hybridized carbons (Fsp3) is 0.111. The summed E-state index contributed by atoms with van der Waals surface area (Å²) in [6, 6.07) is 5.83. The number of thiophene rings is 1. The Kier molecular flexibility index (Phi) is 2.53. The van der Waals surface area contributed by atoms with Gasteiger partial charge in [0.1, 0.15) is 6.07 Å². The van der Waals surface area contributed by atoms with Gasteiger partial charge in [0, 0.05) is 17.3 Å². The Morgan fingerprint density at radius 3 is 3.07 bits per heavy atom. The van der Waals surface area contributed by atoms with Crippen molar-refractivity contribution in [1.29, 1.82) is 5.26 Å². The van der Waals surface area contributed by atoms with E-state index in [0.29, 0.717) is 12.4 Å². The quantitative estimate of drug-likeness (QED) is 0.785. The van der Waals surface area contributed by atoms with Gasteiger partial charge in [0.05, 0.1) is 10.9 Å². The van der Waals surface area contributed by atoms with Gasteiger partial charge < -0.3 is 4.57 Å². The Labute approximate surface area is 90.2 Å². The molecule has 5 heteroatoms. The maximum Gasteiger partial charge on any atom is 0.213 e. The number of imidazole rings is 1. The van der Waals surface area contributed by atoms with E-state index in [1.165, 1.54) is 11.3 Å². The second-order valence-electron chi connectivity index (χ2n) is 2.70. The highest BCUT2D eigenvalue weighted by atomic mass is 35.5. The molecule has 3 nitrogen and oxygen atoms in total. The molecule has 0 atom stereocenters. The minimum Gasteiger partial charge on any atom is -0.317 e. The first kappa shape index (κ1) is 9.25. The Balaban J connectivity index is 2.23. The summed E-state index contributed by atoms with van der Waals surface area (Å²) in [5.74, 6) is 0.425. The molecule has 2 aromatic heterocycles. The van der Waals surface area contributed by atoms with Crippen LogP contribution in [0.3, 0.4) is 0 Å². The predicted octanol–water partition coefficient (Wildman–Crippen LogP) is 2.52. The topological polar surface area (TPSA) is 41.6 Å². The number of nitrogens with zero attached hydrogens (tertiary/aromatic N) is 3. The van der Waals surface area contributed by atoms with Crippen LogP contribution < -0.4 is 0 Å². The first-order valence-electron chi connectivity index (χ1n) is 3.95. The summed E-state index contributed by atoms with van der Waals surface area (Å²) in [5.41, 5.74) is 0. The average Bonchev–Trinajstić information content (AvgIpc) is 2.76. The second kappa shape index (κ2) is 3.82. The smallest absolute Gasteiger partial charge is 0.213 e. The van der Waals surface area contributed by atoms with Crippen molar-refractivity contribution in [2.75, 3.05) is 0 Å². The molecule has 0 fully saturated rings. The number of aromatic nitrogens is 2. The fourth-order valence-electron chi connectivity index (χ4n) is 1.15. The maximum absolute atomic E-state index is 8.73. The lowest BCUT2D eigenvalue weighted by atomic mass is 10.4. The average molecular weight is 224 g/mol. The summed E-state index contributed by atoms with van der Waals surface area (Å²) in [6.07, 6.45) is 3.40. The zero-order valence-corrected chi connectivity index (χ0v) is 8.72. The van der Waals surface area contributed by atoms with Gasteiger partial charge >= 0.3 is 0 Å². The highest BCUT2D eigenvalue weighted by molar-refractivity contribution is 7.16. The molecule has 14 heavy (non-hydrogen) atoms. The highest BCUT2D eigenvalue weighted by Gasteiger charge is 2.03. The van der Waals surface area contributed by atoms with E-state index in [1.54, 1.807) is 17.0 Å². The third-order valence-corrected chi connectivity index (χ3v) is 2.99. The molecule has 0 aliphatic heterocycles. The van der Waals surface area contributed by atoms with Crippen molar-refractivity contribution in [3.05, 3.63) is 39.6 Å². The van der Waals surface area contributed by atoms with Gasteiger partial charge in [0.15, 0.2) is 0 Å². The lowest BCUT2D eigenvalue weighted by Gasteiger charge is -1.99. The summed E-state index contributed by atoms with van der Waals surface area (Å²) in [5, 5.41) is 8.73. The largest absolute Gasteiger partial charge is 0.317 e. The summed E-state index contributed by atoms with van der Waals surface area (Å²) in [6.45, 7) is 0.653. The lowest BCUT2D eigenvalue weighted by molar-refractivity contribution is 0.794. The highest BCUT2D eigenvalue weighted by Crippen LogP contribution is 2.22. The molecular weight excluding hydrogens is 218 g/mol. The number of halogens is 1. The van der Waals surface area contributed by atoms with Crippen LogP contribution in [-0.2, 0) is 6.54 Å². The Morgan fingerprint density at radius 1 is 1.57 bits per heavy atom. The van der Waals surface area contributed by atoms with E-state index in [-0.39, 0.29) is 0 Å². The van der Waals surface area contributed by atoms with Gasteiger partial charge in [-0.3, -0.25) is 0 Å². The van der Waals surface area contributed by atoms with Gasteiger partial charge in [-0.1, -0.05) is 11.6 Å². The van der Waals surface area contributed by atoms with E-state index in [2.05, 4.69) is 4.98 Å². The summed E-state index contributed by atoms with van der Waals surface area (Å²) >= 11 is 7.32. The van der Waals surface area contributed by atoms with E-state index >= 15 is 0 Å². The van der Waals surface area contributed by atoms with Gasteiger partial charge in [-0.15, -0.1) is 11.3 Å². The number of hydrogen-bond acceptors (Lipinski definition) is 3. The van der Waals surface area contributed by atoms with E-state index in [1.807, 2.05) is 18.2 Å². The van der Waals surface area contributed by atoms with Crippen LogP contribution >= 0.6 is 22.9 Å². The van der Waals surface area contributed by atoms with E-state index in [0.717, 1.165) is 9.21 Å². The first-order valence-corrected chi connectivity index (χ1v) is 5.14. The molecule has 0 N–H and O–H groups in total. The summed E-state index contributed by atoms with van der Waals surface area (Å²) < 4.78 is 2.56. The monoisotopic (exact) mass is 223 g/mol. The molecule has 0 spiro atoms. The number of nitriles is 1. The van der Waals surface area contributed by atoms with E-state index < -0.39 is 0 Å². The number of hydrogen-bond donors (Lipinski definition) is 0. The molecule has 0 aromatic carbocycles. The van der Waals surface area contributed by atoms with Crippen LogP contribution in [0.2, 0.25) is 4.34 Å². The molecule has 2 heterocycles. The minimum atomic E-state index is 0.425. The third kappa shape index (κ3) is 1.79. The molecule has 0 aliphatic carbocycles. The lowest BCUT2D eigenvalue weighted by Crippen LogP contribution is -1.99. The molecule has 0 saturated carbocycles. The van der Waals surface area contributed by atoms with Gasteiger partial charge in [0.25, 0.3) is 0 Å². The molecule has 70 valence electrons. The minimum absolute atomic E-state index is 0.425. The Bertz CT molecular complexity index is 480. The molecule has 0 amide bonds. The van der Waals surface area contributed by atoms with Crippen molar-refractivity contribution in [2.45, 2.75) is 6.54 Å². The number of rotatable bonds is 2. The van der Waals surface area contributed by atoms with E-state index in [9.17, 15) is 0 Å². The zero-order valence-electron chi connectivity index (χ0n) is 7.14. The van der Waals surface area contributed by atoms with Crippen molar-refractivity contribution in [1.82, 2.24) is 9.55 Å². The van der Waals surface area contributed by atoms with Crippen LogP contribution in [0.4, 0.5) is 0 Å². The van der Waals surface area contributed by atoms with Crippen LogP contribution in [0.1, 0.15) is 10.7 Å². The van der Waals surface area contributed by atoms with Crippen LogP contribution in [0.5, 0.6) is 0 Å². The van der Waals surface area contributed by atoms with Gasteiger partial charge in [-0.25, -0.2) is 4.98 Å². The molecule has 0 radical (unpaired) electrons. The molecule has 0 aliphatic rings. The fourth-order valence-corrected chi connectivity index (χ4v) is 2.24. The SMILES string of the molecule is N#Cc1nccn1Cc1ccc(Cl)s1. The van der Waals surface area contributed by atoms with Crippen molar-refractivity contribution in [2.24, 2.45) is 0 Å². The van der Waals surface area contributed by atoms with E-state index in [4.69, 9.17) is 16.9 Å². The van der Waals surface area contributed by atoms with Crippen LogP contribution in [-0.4, -0.2) is 9.55 Å². The van der Waals surface area contributed by atoms with Crippen molar-refractivity contribution >= 4 is 22.9 Å². The summed E-state index contributed by atoms with van der Waals surface area (Å²) in [4.78, 5) is 5.03. The van der Waals surface area contributed by atoms with Crippen LogP contribution in [0, 0.1) is 11.3 Å². The van der Waals surface area contributed by atoms with Crippen LogP contribution in [0.25, 0.3) is 0 Å². The molecule has 0 saturated heterocycles.